The van der Waals surface area contributed by atoms with Crippen LogP contribution < -0.4 is 9.46 Å². The highest BCUT2D eigenvalue weighted by molar-refractivity contribution is 7.89. The average molecular weight is 657 g/mol. The zero-order valence-electron chi connectivity index (χ0n) is 22.8. The smallest absolute Gasteiger partial charge is 0.481 e. The van der Waals surface area contributed by atoms with Crippen molar-refractivity contribution in [3.8, 4) is 27.1 Å². The standard InChI is InChI=1S/C25H26F6N4O6S2/c1-12(24(26,27)28)35-43(38,39)14-7-8-15(17(10-14)41-25(29,30)31)19-16(9-13-5-4-6-13)32-21(42-19)20-34-33-18(40-20)11-23(2,3)22(36)37/h7-8,10,12-13,35H,4-6,9,11H2,1-3H3,(H,36,37)/t12-/m0/s1. The van der Waals surface area contributed by atoms with Crippen LogP contribution >= 0.6 is 11.3 Å². The van der Waals surface area contributed by atoms with Crippen molar-refractivity contribution >= 4 is 27.3 Å². The number of thiazole rings is 1. The fourth-order valence-corrected chi connectivity index (χ4v) is 6.35. The summed E-state index contributed by atoms with van der Waals surface area (Å²) >= 11 is 0.863. The van der Waals surface area contributed by atoms with Crippen LogP contribution in [-0.2, 0) is 27.7 Å². The monoisotopic (exact) mass is 656 g/mol. The molecule has 0 aliphatic heterocycles. The van der Waals surface area contributed by atoms with Gasteiger partial charge in [0.2, 0.25) is 15.9 Å². The number of hydrogen-bond donors (Lipinski definition) is 2. The zero-order chi connectivity index (χ0) is 32.0. The Morgan fingerprint density at radius 2 is 1.86 bits per heavy atom. The van der Waals surface area contributed by atoms with Crippen LogP contribution in [0.2, 0.25) is 0 Å². The van der Waals surface area contributed by atoms with E-state index in [9.17, 15) is 44.7 Å². The molecule has 0 radical (unpaired) electrons. The molecule has 1 saturated carbocycles. The molecule has 2 aromatic heterocycles. The molecule has 0 amide bonds. The molecule has 1 atom stereocenters. The molecule has 3 aromatic rings. The molecule has 0 saturated heterocycles. The average Bonchev–Trinajstić information content (AvgIpc) is 3.46. The predicted molar refractivity (Wildman–Crippen MR) is 140 cm³/mol. The number of ether oxygens (including phenoxy) is 1. The van der Waals surface area contributed by atoms with Crippen LogP contribution in [0.25, 0.3) is 21.3 Å². The van der Waals surface area contributed by atoms with Crippen LogP contribution in [0.5, 0.6) is 5.75 Å². The Morgan fingerprint density at radius 3 is 2.42 bits per heavy atom. The number of carbonyl (C=O) groups is 1. The summed E-state index contributed by atoms with van der Waals surface area (Å²) in [6, 6.07) is -0.137. The number of nitrogens with zero attached hydrogens (tertiary/aromatic N) is 3. The van der Waals surface area contributed by atoms with E-state index in [2.05, 4.69) is 19.9 Å². The van der Waals surface area contributed by atoms with Gasteiger partial charge in [-0.1, -0.05) is 19.3 Å². The lowest BCUT2D eigenvalue weighted by atomic mass is 9.82. The predicted octanol–water partition coefficient (Wildman–Crippen LogP) is 5.98. The lowest BCUT2D eigenvalue weighted by molar-refractivity contribution is -0.274. The Morgan fingerprint density at radius 1 is 1.19 bits per heavy atom. The normalized spacial score (nSPS) is 15.7. The molecule has 2 N–H and O–H groups in total. The van der Waals surface area contributed by atoms with Gasteiger partial charge in [-0.3, -0.25) is 4.79 Å². The minimum Gasteiger partial charge on any atom is -0.481 e. The summed E-state index contributed by atoms with van der Waals surface area (Å²) < 4.78 is 116. The summed E-state index contributed by atoms with van der Waals surface area (Å²) in [6.07, 6.45) is -7.30. The van der Waals surface area contributed by atoms with Gasteiger partial charge in [-0.25, -0.2) is 13.4 Å². The topological polar surface area (TPSA) is 145 Å². The minimum absolute atomic E-state index is 0.00377. The van der Waals surface area contributed by atoms with Gasteiger partial charge in [0.05, 0.1) is 20.9 Å². The highest BCUT2D eigenvalue weighted by Gasteiger charge is 2.40. The van der Waals surface area contributed by atoms with Crippen molar-refractivity contribution < 1.29 is 53.8 Å². The molecule has 0 bridgehead atoms. The summed E-state index contributed by atoms with van der Waals surface area (Å²) in [6.45, 7) is 3.47. The zero-order valence-corrected chi connectivity index (χ0v) is 24.5. The van der Waals surface area contributed by atoms with Crippen molar-refractivity contribution in [2.24, 2.45) is 11.3 Å². The van der Waals surface area contributed by atoms with Crippen molar-refractivity contribution in [2.75, 3.05) is 0 Å². The number of halogens is 6. The number of aliphatic carboxylic acids is 1. The first kappa shape index (κ1) is 32.7. The molecule has 0 unspecified atom stereocenters. The van der Waals surface area contributed by atoms with E-state index in [1.54, 1.807) is 0 Å². The van der Waals surface area contributed by atoms with Gasteiger partial charge in [-0.2, -0.15) is 17.9 Å². The second kappa shape index (κ2) is 11.7. The maximum absolute atomic E-state index is 13.4. The van der Waals surface area contributed by atoms with Gasteiger partial charge in [0.25, 0.3) is 5.89 Å². The summed E-state index contributed by atoms with van der Waals surface area (Å²) in [5.74, 6) is -1.99. The Kier molecular flexibility index (Phi) is 8.87. The quantitative estimate of drug-likeness (QED) is 0.238. The molecule has 2 heterocycles. The highest BCUT2D eigenvalue weighted by Crippen LogP contribution is 2.44. The Bertz CT molecular complexity index is 1600. The maximum atomic E-state index is 13.4. The molecule has 236 valence electrons. The first-order chi connectivity index (χ1) is 19.7. The van der Waals surface area contributed by atoms with Crippen LogP contribution in [0.3, 0.4) is 0 Å². The lowest BCUT2D eigenvalue weighted by Crippen LogP contribution is -2.42. The number of aromatic nitrogens is 3. The Hall–Kier alpha value is -3.25. The number of benzene rings is 1. The number of rotatable bonds is 11. The number of carboxylic acid groups (broad SMARTS) is 1. The Labute approximate surface area is 245 Å². The van der Waals surface area contributed by atoms with Gasteiger partial charge in [0.15, 0.2) is 5.01 Å². The first-order valence-corrected chi connectivity index (χ1v) is 15.1. The SMILES string of the molecule is C[C@H](NS(=O)(=O)c1ccc(-c2sc(-c3nnc(CC(C)(C)C(=O)O)o3)nc2CC2CCC2)c(OC(F)(F)F)c1)C(F)(F)F. The summed E-state index contributed by atoms with van der Waals surface area (Å²) in [4.78, 5) is 15.3. The van der Waals surface area contributed by atoms with E-state index in [-0.39, 0.29) is 39.6 Å². The molecule has 18 heteroatoms. The van der Waals surface area contributed by atoms with Crippen LogP contribution in [0.15, 0.2) is 27.5 Å². The highest BCUT2D eigenvalue weighted by atomic mass is 32.2. The second-order valence-corrected chi connectivity index (χ2v) is 13.5. The third-order valence-electron chi connectivity index (χ3n) is 6.78. The third kappa shape index (κ3) is 7.83. The lowest BCUT2D eigenvalue weighted by Gasteiger charge is -2.25. The van der Waals surface area contributed by atoms with Crippen molar-refractivity contribution in [3.05, 3.63) is 29.8 Å². The molecule has 4 rings (SSSR count). The van der Waals surface area contributed by atoms with E-state index in [1.165, 1.54) is 18.6 Å². The fraction of sp³-hybridized carbons (Fsp3) is 0.520. The van der Waals surface area contributed by atoms with Gasteiger partial charge < -0.3 is 14.3 Å². The second-order valence-electron chi connectivity index (χ2n) is 10.8. The van der Waals surface area contributed by atoms with E-state index < -0.39 is 50.6 Å². The number of hydrogen-bond acceptors (Lipinski definition) is 9. The summed E-state index contributed by atoms with van der Waals surface area (Å²) in [7, 11) is -4.90. The number of nitrogens with one attached hydrogen (secondary N) is 1. The summed E-state index contributed by atoms with van der Waals surface area (Å²) in [5.41, 5.74) is -1.09. The van der Waals surface area contributed by atoms with Gasteiger partial charge in [0.1, 0.15) is 11.8 Å². The van der Waals surface area contributed by atoms with Crippen LogP contribution in [0, 0.1) is 11.3 Å². The molecular weight excluding hydrogens is 630 g/mol. The summed E-state index contributed by atoms with van der Waals surface area (Å²) in [5, 5.41) is 17.3. The molecule has 1 fully saturated rings. The van der Waals surface area contributed by atoms with Crippen molar-refractivity contribution in [2.45, 2.75) is 76.4 Å². The molecule has 43 heavy (non-hydrogen) atoms. The molecule has 1 aliphatic carbocycles. The molecule has 1 aromatic carbocycles. The van der Waals surface area contributed by atoms with Crippen LogP contribution in [0.4, 0.5) is 26.3 Å². The van der Waals surface area contributed by atoms with Crippen molar-refractivity contribution in [1.82, 2.24) is 19.9 Å². The Balaban J connectivity index is 1.78. The number of sulfonamides is 1. The van der Waals surface area contributed by atoms with E-state index in [0.717, 1.165) is 42.7 Å². The molecule has 0 spiro atoms. The largest absolute Gasteiger partial charge is 0.573 e. The third-order valence-corrected chi connectivity index (χ3v) is 9.44. The van der Waals surface area contributed by atoms with E-state index in [1.807, 2.05) is 0 Å². The van der Waals surface area contributed by atoms with E-state index >= 15 is 0 Å². The van der Waals surface area contributed by atoms with Crippen molar-refractivity contribution in [3.63, 3.8) is 0 Å². The maximum Gasteiger partial charge on any atom is 0.573 e. The van der Waals surface area contributed by atoms with Gasteiger partial charge in [-0.15, -0.1) is 34.7 Å². The van der Waals surface area contributed by atoms with Gasteiger partial charge in [-0.05, 0) is 45.2 Å². The van der Waals surface area contributed by atoms with E-state index in [0.29, 0.717) is 25.1 Å². The van der Waals surface area contributed by atoms with Crippen LogP contribution in [-0.4, -0.2) is 53.3 Å². The molecular formula is C25H26F6N4O6S2. The van der Waals surface area contributed by atoms with Crippen molar-refractivity contribution in [1.29, 1.82) is 0 Å². The molecule has 10 nitrogen and oxygen atoms in total. The first-order valence-electron chi connectivity index (χ1n) is 12.8. The van der Waals surface area contributed by atoms with Gasteiger partial charge in [0, 0.05) is 18.1 Å². The van der Waals surface area contributed by atoms with E-state index in [4.69, 9.17) is 4.42 Å². The number of carboxylic acids is 1. The number of alkyl halides is 6. The molecule has 1 aliphatic rings. The minimum atomic E-state index is -5.27. The van der Waals surface area contributed by atoms with Crippen LogP contribution in [0.1, 0.15) is 51.6 Å². The fourth-order valence-electron chi connectivity index (χ4n) is 4.06. The van der Waals surface area contributed by atoms with Gasteiger partial charge >= 0.3 is 18.5 Å².